The van der Waals surface area contributed by atoms with Crippen LogP contribution < -0.4 is 0 Å². The quantitative estimate of drug-likeness (QED) is 0.928. The normalized spacial score (nSPS) is 22.5. The summed E-state index contributed by atoms with van der Waals surface area (Å²) in [5.74, 6) is -1.84. The molecule has 1 aliphatic rings. The molecule has 1 aliphatic carbocycles. The molecule has 20 heavy (non-hydrogen) atoms. The SMILES string of the molecule is CN(Cc1ccc(Cl)s1)C(=O)C1CCCCC1C(=O)O. The first-order valence-corrected chi connectivity index (χ1v) is 7.90. The number of hydrogen-bond acceptors (Lipinski definition) is 3. The number of rotatable bonds is 4. The largest absolute Gasteiger partial charge is 0.481 e. The van der Waals surface area contributed by atoms with Gasteiger partial charge < -0.3 is 10.0 Å². The van der Waals surface area contributed by atoms with Gasteiger partial charge >= 0.3 is 5.97 Å². The number of hydrogen-bond donors (Lipinski definition) is 1. The van der Waals surface area contributed by atoms with Crippen molar-refractivity contribution < 1.29 is 14.7 Å². The van der Waals surface area contributed by atoms with E-state index in [1.807, 2.05) is 6.07 Å². The minimum atomic E-state index is -0.851. The molecule has 1 heterocycles. The fourth-order valence-electron chi connectivity index (χ4n) is 2.75. The predicted molar refractivity (Wildman–Crippen MR) is 78.9 cm³/mol. The number of carbonyl (C=O) groups is 2. The molecule has 1 aromatic rings. The summed E-state index contributed by atoms with van der Waals surface area (Å²) >= 11 is 7.32. The smallest absolute Gasteiger partial charge is 0.307 e. The summed E-state index contributed by atoms with van der Waals surface area (Å²) in [6.45, 7) is 0.485. The van der Waals surface area contributed by atoms with Crippen molar-refractivity contribution in [1.29, 1.82) is 0 Å². The van der Waals surface area contributed by atoms with Crippen LogP contribution in [0.25, 0.3) is 0 Å². The maximum absolute atomic E-state index is 12.5. The second kappa shape index (κ2) is 6.59. The summed E-state index contributed by atoms with van der Waals surface area (Å²) in [6, 6.07) is 3.70. The molecule has 1 saturated carbocycles. The van der Waals surface area contributed by atoms with Crippen LogP contribution in [0.3, 0.4) is 0 Å². The first-order chi connectivity index (χ1) is 9.49. The summed E-state index contributed by atoms with van der Waals surface area (Å²) in [5, 5.41) is 9.25. The number of carbonyl (C=O) groups excluding carboxylic acids is 1. The van der Waals surface area contributed by atoms with Gasteiger partial charge in [-0.2, -0.15) is 0 Å². The number of carboxylic acid groups (broad SMARTS) is 1. The first-order valence-electron chi connectivity index (χ1n) is 6.71. The molecule has 4 nitrogen and oxygen atoms in total. The van der Waals surface area contributed by atoms with Crippen molar-refractivity contribution in [1.82, 2.24) is 4.90 Å². The monoisotopic (exact) mass is 315 g/mol. The second-order valence-corrected chi connectivity index (χ2v) is 7.04. The van der Waals surface area contributed by atoms with E-state index in [9.17, 15) is 14.7 Å². The van der Waals surface area contributed by atoms with E-state index in [1.54, 1.807) is 18.0 Å². The fraction of sp³-hybridized carbons (Fsp3) is 0.571. The van der Waals surface area contributed by atoms with Gasteiger partial charge in [0.25, 0.3) is 0 Å². The lowest BCUT2D eigenvalue weighted by Crippen LogP contribution is -2.40. The van der Waals surface area contributed by atoms with Gasteiger partial charge in [-0.1, -0.05) is 24.4 Å². The summed E-state index contributed by atoms with van der Waals surface area (Å²) in [7, 11) is 1.73. The third kappa shape index (κ3) is 3.52. The van der Waals surface area contributed by atoms with Crippen LogP contribution in [0.2, 0.25) is 4.34 Å². The Balaban J connectivity index is 2.02. The fourth-order valence-corrected chi connectivity index (χ4v) is 3.89. The highest BCUT2D eigenvalue weighted by Crippen LogP contribution is 2.32. The van der Waals surface area contributed by atoms with Gasteiger partial charge in [0, 0.05) is 11.9 Å². The number of thiophene rings is 1. The Kier molecular flexibility index (Phi) is 5.05. The molecule has 0 spiro atoms. The molecule has 1 aromatic heterocycles. The second-order valence-electron chi connectivity index (χ2n) is 5.24. The van der Waals surface area contributed by atoms with E-state index >= 15 is 0 Å². The first kappa shape index (κ1) is 15.3. The van der Waals surface area contributed by atoms with Crippen molar-refractivity contribution in [2.45, 2.75) is 32.2 Å². The van der Waals surface area contributed by atoms with E-state index in [0.29, 0.717) is 23.7 Å². The van der Waals surface area contributed by atoms with E-state index in [-0.39, 0.29) is 11.8 Å². The average Bonchev–Trinajstić information content (AvgIpc) is 2.83. The van der Waals surface area contributed by atoms with Crippen molar-refractivity contribution in [2.75, 3.05) is 7.05 Å². The zero-order chi connectivity index (χ0) is 14.7. The highest BCUT2D eigenvalue weighted by atomic mass is 35.5. The molecule has 0 radical (unpaired) electrons. The van der Waals surface area contributed by atoms with E-state index in [4.69, 9.17) is 11.6 Å². The molecule has 2 atom stereocenters. The van der Waals surface area contributed by atoms with Gasteiger partial charge in [0.15, 0.2) is 0 Å². The van der Waals surface area contributed by atoms with Gasteiger partial charge in [-0.3, -0.25) is 9.59 Å². The number of aliphatic carboxylic acids is 1. The van der Waals surface area contributed by atoms with Crippen molar-refractivity contribution in [3.05, 3.63) is 21.3 Å². The summed E-state index contributed by atoms with van der Waals surface area (Å²) < 4.78 is 0.696. The lowest BCUT2D eigenvalue weighted by molar-refractivity contribution is -0.152. The standard InChI is InChI=1S/C14H18ClNO3S/c1-16(8-9-6-7-12(15)20-9)13(17)10-4-2-3-5-11(10)14(18)19/h6-7,10-11H,2-5,8H2,1H3,(H,18,19). The molecule has 110 valence electrons. The lowest BCUT2D eigenvalue weighted by Gasteiger charge is -2.30. The minimum absolute atomic E-state index is 0.0679. The van der Waals surface area contributed by atoms with Gasteiger partial charge in [0.05, 0.1) is 22.7 Å². The Morgan fingerprint density at radius 3 is 2.55 bits per heavy atom. The highest BCUT2D eigenvalue weighted by Gasteiger charge is 2.37. The maximum atomic E-state index is 12.5. The minimum Gasteiger partial charge on any atom is -0.481 e. The molecule has 0 aliphatic heterocycles. The molecular formula is C14H18ClNO3S. The molecule has 1 amide bonds. The number of halogens is 1. The molecule has 6 heteroatoms. The predicted octanol–water partition coefficient (Wildman–Crippen LogP) is 3.25. The molecule has 0 saturated heterocycles. The van der Waals surface area contributed by atoms with E-state index in [1.165, 1.54) is 11.3 Å². The van der Waals surface area contributed by atoms with Crippen LogP contribution in [0.4, 0.5) is 0 Å². The Bertz CT molecular complexity index is 502. The third-order valence-electron chi connectivity index (χ3n) is 3.80. The Hall–Kier alpha value is -1.07. The van der Waals surface area contributed by atoms with Crippen LogP contribution in [-0.4, -0.2) is 28.9 Å². The molecule has 2 unspecified atom stereocenters. The molecule has 1 fully saturated rings. The summed E-state index contributed by atoms with van der Waals surface area (Å²) in [4.78, 5) is 26.4. The van der Waals surface area contributed by atoms with E-state index in [0.717, 1.165) is 17.7 Å². The van der Waals surface area contributed by atoms with Crippen LogP contribution in [-0.2, 0) is 16.1 Å². The van der Waals surface area contributed by atoms with Crippen LogP contribution in [0, 0.1) is 11.8 Å². The van der Waals surface area contributed by atoms with Crippen molar-refractivity contribution in [3.8, 4) is 0 Å². The Morgan fingerprint density at radius 1 is 1.35 bits per heavy atom. The van der Waals surface area contributed by atoms with Crippen LogP contribution >= 0.6 is 22.9 Å². The molecule has 0 aromatic carbocycles. The van der Waals surface area contributed by atoms with Crippen molar-refractivity contribution in [2.24, 2.45) is 11.8 Å². The van der Waals surface area contributed by atoms with Gasteiger partial charge in [-0.15, -0.1) is 11.3 Å². The van der Waals surface area contributed by atoms with Crippen LogP contribution in [0.5, 0.6) is 0 Å². The number of amides is 1. The Labute approximate surface area is 127 Å². The molecule has 2 rings (SSSR count). The topological polar surface area (TPSA) is 57.6 Å². The van der Waals surface area contributed by atoms with Gasteiger partial charge in [-0.05, 0) is 25.0 Å². The van der Waals surface area contributed by atoms with Gasteiger partial charge in [-0.25, -0.2) is 0 Å². The lowest BCUT2D eigenvalue weighted by atomic mass is 9.78. The van der Waals surface area contributed by atoms with E-state index < -0.39 is 11.9 Å². The Morgan fingerprint density at radius 2 is 2.00 bits per heavy atom. The maximum Gasteiger partial charge on any atom is 0.307 e. The van der Waals surface area contributed by atoms with Crippen molar-refractivity contribution in [3.63, 3.8) is 0 Å². The van der Waals surface area contributed by atoms with Crippen molar-refractivity contribution >= 4 is 34.8 Å². The van der Waals surface area contributed by atoms with Crippen LogP contribution in [0.1, 0.15) is 30.6 Å². The zero-order valence-corrected chi connectivity index (χ0v) is 12.9. The summed E-state index contributed by atoms with van der Waals surface area (Å²) in [6.07, 6.45) is 3.10. The number of nitrogens with zero attached hydrogens (tertiary/aromatic N) is 1. The third-order valence-corrected chi connectivity index (χ3v) is 5.01. The van der Waals surface area contributed by atoms with Gasteiger partial charge in [0.2, 0.25) is 5.91 Å². The molecule has 0 bridgehead atoms. The van der Waals surface area contributed by atoms with E-state index in [2.05, 4.69) is 0 Å². The molecular weight excluding hydrogens is 298 g/mol. The summed E-state index contributed by atoms with van der Waals surface area (Å²) in [5.41, 5.74) is 0. The average molecular weight is 316 g/mol. The highest BCUT2D eigenvalue weighted by molar-refractivity contribution is 7.16. The van der Waals surface area contributed by atoms with Crippen LogP contribution in [0.15, 0.2) is 12.1 Å². The number of carboxylic acids is 1. The molecule has 1 N–H and O–H groups in total. The van der Waals surface area contributed by atoms with Gasteiger partial charge in [0.1, 0.15) is 0 Å². The zero-order valence-electron chi connectivity index (χ0n) is 11.3.